The van der Waals surface area contributed by atoms with E-state index in [2.05, 4.69) is 9.51 Å². The van der Waals surface area contributed by atoms with Crippen LogP contribution in [-0.2, 0) is 13.8 Å². The fraction of sp³-hybridized carbons (Fsp3) is 0.556. The molecule has 0 radical (unpaired) electrons. The van der Waals surface area contributed by atoms with Crippen LogP contribution < -0.4 is 80.3 Å². The minimum Gasteiger partial charge on any atom is -0.790 e. The molecule has 1 fully saturated rings. The van der Waals surface area contributed by atoms with Gasteiger partial charge in [0.15, 0.2) is 6.23 Å². The number of anilines is 1. The van der Waals surface area contributed by atoms with Crippen molar-refractivity contribution in [1.82, 2.24) is 9.55 Å². The Bertz CT molecular complexity index is 625. The molecule has 4 atom stereocenters. The predicted molar refractivity (Wildman–Crippen MR) is 62.4 cm³/mol. The van der Waals surface area contributed by atoms with Crippen LogP contribution >= 0.6 is 7.82 Å². The Hall–Kier alpha value is 0.670. The van der Waals surface area contributed by atoms with Crippen molar-refractivity contribution in [3.63, 3.8) is 0 Å². The van der Waals surface area contributed by atoms with Crippen molar-refractivity contribution in [1.29, 1.82) is 0 Å². The fourth-order valence-corrected chi connectivity index (χ4v) is 2.21. The number of nitrogen functional groups attached to an aromatic ring is 1. The van der Waals surface area contributed by atoms with Crippen molar-refractivity contribution in [2.24, 2.45) is 0 Å². The molecule has 2 rings (SSSR count). The Balaban J connectivity index is 0.00000242. The third-order valence-electron chi connectivity index (χ3n) is 2.86. The van der Waals surface area contributed by atoms with Gasteiger partial charge in [0.2, 0.25) is 0 Å². The van der Waals surface area contributed by atoms with Gasteiger partial charge in [-0.3, -0.25) is 4.57 Å². The summed E-state index contributed by atoms with van der Waals surface area (Å²) in [6, 6.07) is 1.27. The van der Waals surface area contributed by atoms with Crippen LogP contribution in [0.3, 0.4) is 0 Å². The minimum atomic E-state index is -5.24. The largest absolute Gasteiger partial charge is 1.00 e. The Morgan fingerprint density at radius 3 is 2.52 bits per heavy atom. The van der Waals surface area contributed by atoms with Gasteiger partial charge in [-0.2, -0.15) is 4.98 Å². The number of aromatic nitrogens is 2. The van der Waals surface area contributed by atoms with E-state index in [4.69, 9.17) is 10.5 Å². The maximum Gasteiger partial charge on any atom is 1.00 e. The van der Waals surface area contributed by atoms with E-state index in [1.165, 1.54) is 12.3 Å². The average molecular weight is 368 g/mol. The van der Waals surface area contributed by atoms with Crippen molar-refractivity contribution >= 4 is 13.6 Å². The zero-order valence-corrected chi connectivity index (χ0v) is 17.3. The summed E-state index contributed by atoms with van der Waals surface area (Å²) < 4.78 is 20.4. The van der Waals surface area contributed by atoms with E-state index in [0.717, 1.165) is 4.57 Å². The normalized spacial score (nSPS) is 27.1. The molecule has 23 heavy (non-hydrogen) atoms. The Kier molecular flexibility index (Phi) is 9.66. The predicted octanol–water partition coefficient (Wildman–Crippen LogP) is -9.70. The van der Waals surface area contributed by atoms with Gasteiger partial charge in [-0.25, -0.2) is 4.79 Å². The number of hydrogen-bond donors (Lipinski definition) is 3. The first-order chi connectivity index (χ1) is 9.69. The molecule has 4 N–H and O–H groups in total. The van der Waals surface area contributed by atoms with E-state index >= 15 is 0 Å². The van der Waals surface area contributed by atoms with Gasteiger partial charge < -0.3 is 39.6 Å². The van der Waals surface area contributed by atoms with Gasteiger partial charge in [0.05, 0.1) is 14.4 Å². The van der Waals surface area contributed by atoms with Gasteiger partial charge in [0.25, 0.3) is 0 Å². The van der Waals surface area contributed by atoms with E-state index in [1.807, 2.05) is 0 Å². The summed E-state index contributed by atoms with van der Waals surface area (Å²) in [5.74, 6) is -0.0391. The van der Waals surface area contributed by atoms with Crippen LogP contribution in [0.25, 0.3) is 0 Å². The molecule has 118 valence electrons. The molecule has 1 aliphatic heterocycles. The number of hydrogen-bond acceptors (Lipinski definition) is 10. The van der Waals surface area contributed by atoms with Gasteiger partial charge in [0.1, 0.15) is 24.1 Å². The SMILES string of the molecule is [15NH2]c1ccn([C@@H]2O[C@H](COP(=O)([O-])[O-])[C@@H](O)[C@H]2O)c(=O)n1.[Na+].[Na+]. The van der Waals surface area contributed by atoms with Crippen molar-refractivity contribution in [3.8, 4) is 0 Å². The number of aliphatic hydroxyl groups is 2. The molecule has 1 aromatic rings. The average Bonchev–Trinajstić information content (AvgIpc) is 2.64. The number of nitrogens with zero attached hydrogens (tertiary/aromatic N) is 2. The number of ether oxygens (including phenoxy) is 1. The van der Waals surface area contributed by atoms with Gasteiger partial charge in [-0.05, 0) is 6.07 Å². The molecule has 0 bridgehead atoms. The summed E-state index contributed by atoms with van der Waals surface area (Å²) in [5.41, 5.74) is 4.49. The summed E-state index contributed by atoms with van der Waals surface area (Å²) in [6.07, 6.45) is -4.51. The van der Waals surface area contributed by atoms with Crippen molar-refractivity contribution < 1.29 is 92.9 Å². The van der Waals surface area contributed by atoms with E-state index in [1.54, 1.807) is 0 Å². The molecule has 14 heteroatoms. The Labute approximate surface area is 174 Å². The van der Waals surface area contributed by atoms with Crippen molar-refractivity contribution in [2.45, 2.75) is 24.5 Å². The molecule has 0 spiro atoms. The zero-order valence-electron chi connectivity index (χ0n) is 12.4. The molecule has 1 aromatic heterocycles. The van der Waals surface area contributed by atoms with Crippen molar-refractivity contribution in [3.05, 3.63) is 22.7 Å². The molecule has 1 aliphatic rings. The maximum atomic E-state index is 11.6. The molecule has 0 aromatic carbocycles. The van der Waals surface area contributed by atoms with Crippen LogP contribution in [0.2, 0.25) is 0 Å². The first kappa shape index (κ1) is 23.7. The zero-order chi connectivity index (χ0) is 15.8. The fourth-order valence-electron chi connectivity index (χ4n) is 1.88. The van der Waals surface area contributed by atoms with Crippen molar-refractivity contribution in [2.75, 3.05) is 12.3 Å². The van der Waals surface area contributed by atoms with Crippen LogP contribution in [0, 0.1) is 0 Å². The number of nitrogens with two attached hydrogens (primary N) is 1. The summed E-state index contributed by atoms with van der Waals surface area (Å²) >= 11 is 0. The summed E-state index contributed by atoms with van der Waals surface area (Å²) in [5, 5.41) is 19.6. The molecule has 0 unspecified atom stereocenters. The molecule has 0 saturated carbocycles. The third kappa shape index (κ3) is 6.15. The van der Waals surface area contributed by atoms with E-state index in [0.29, 0.717) is 0 Å². The number of phosphoric acid groups is 1. The van der Waals surface area contributed by atoms with Crippen LogP contribution in [0.1, 0.15) is 6.23 Å². The van der Waals surface area contributed by atoms with Gasteiger partial charge in [-0.15, -0.1) is 0 Å². The second-order valence-electron chi connectivity index (χ2n) is 4.33. The molecule has 11 nitrogen and oxygen atoms in total. The minimum absolute atomic E-state index is 0. The Morgan fingerprint density at radius 1 is 1.39 bits per heavy atom. The smallest absolute Gasteiger partial charge is 0.790 e. The molecule has 0 aliphatic carbocycles. The van der Waals surface area contributed by atoms with E-state index < -0.39 is 44.7 Å². The quantitative estimate of drug-likeness (QED) is 0.262. The Morgan fingerprint density at radius 2 is 2.00 bits per heavy atom. The van der Waals surface area contributed by atoms with E-state index in [9.17, 15) is 29.4 Å². The van der Waals surface area contributed by atoms with Gasteiger partial charge in [-0.1, -0.05) is 0 Å². The maximum absolute atomic E-state index is 11.6. The molecule has 0 amide bonds. The molecular formula is C9H12N3Na2O8P. The van der Waals surface area contributed by atoms with Crippen LogP contribution in [0.4, 0.5) is 5.82 Å². The van der Waals surface area contributed by atoms with Gasteiger partial charge in [0, 0.05) is 6.20 Å². The van der Waals surface area contributed by atoms with Crippen LogP contribution in [-0.4, -0.2) is 44.7 Å². The number of aliphatic hydroxyl groups excluding tert-OH is 2. The summed E-state index contributed by atoms with van der Waals surface area (Å²) in [4.78, 5) is 35.8. The summed E-state index contributed by atoms with van der Waals surface area (Å²) in [7, 11) is -5.24. The van der Waals surface area contributed by atoms with Crippen LogP contribution in [0.5, 0.6) is 0 Å². The monoisotopic (exact) mass is 368 g/mol. The van der Waals surface area contributed by atoms with Gasteiger partial charge >= 0.3 is 64.8 Å². The second-order valence-corrected chi connectivity index (χ2v) is 5.48. The topological polar surface area (TPSA) is 183 Å². The van der Waals surface area contributed by atoms with Crippen LogP contribution in [0.15, 0.2) is 17.1 Å². The van der Waals surface area contributed by atoms with E-state index in [-0.39, 0.29) is 64.9 Å². The summed E-state index contributed by atoms with van der Waals surface area (Å²) in [6.45, 7) is -0.782. The second kappa shape index (κ2) is 9.39. The first-order valence-electron chi connectivity index (χ1n) is 5.72. The molecule has 2 heterocycles. The standard InChI is InChI=1S/C9H14N3O8P.2Na/c10-5-1-2-12(9(15)11-5)8-7(14)6(13)4(20-8)3-19-21(16,17)18;;/h1-2,4,6-8,13-14H,3H2,(H2,10,11,15)(H2,16,17,18);;/q;2*+1/p-2/t4-,6-,7-,8-;;/m1../s1/i10+1;;. The third-order valence-corrected chi connectivity index (χ3v) is 3.33. The number of rotatable bonds is 4. The first-order valence-corrected chi connectivity index (χ1v) is 7.18. The number of phosphoric ester groups is 1. The molecular weight excluding hydrogens is 356 g/mol. The molecule has 1 saturated heterocycles.